The molecule has 1 saturated carbocycles. The Morgan fingerprint density at radius 3 is 2.53 bits per heavy atom. The lowest BCUT2D eigenvalue weighted by molar-refractivity contribution is -0.137. The molecule has 208 valence electrons. The first-order valence-corrected chi connectivity index (χ1v) is 16.9. The number of hydrogen-bond donors (Lipinski definition) is 2. The second-order valence-electron chi connectivity index (χ2n) is 12.0. The highest BCUT2D eigenvalue weighted by molar-refractivity contribution is 7.19. The number of nitrogens with one attached hydrogen (secondary N) is 1. The van der Waals surface area contributed by atoms with E-state index in [4.69, 9.17) is 4.43 Å². The molecule has 2 heterocycles. The molecule has 2 N–H and O–H groups in total. The fourth-order valence-corrected chi connectivity index (χ4v) is 7.31. The maximum atomic E-state index is 13.3. The van der Waals surface area contributed by atoms with Gasteiger partial charge in [0, 0.05) is 4.88 Å². The Kier molecular flexibility index (Phi) is 7.77. The maximum Gasteiger partial charge on any atom is 0.416 e. The Hall–Kier alpha value is -2.01. The predicted octanol–water partition coefficient (Wildman–Crippen LogP) is 8.34. The van der Waals surface area contributed by atoms with Crippen LogP contribution in [0.2, 0.25) is 18.1 Å². The summed E-state index contributed by atoms with van der Waals surface area (Å²) in [6, 6.07) is 6.83. The first-order chi connectivity index (χ1) is 17.5. The van der Waals surface area contributed by atoms with Gasteiger partial charge in [-0.2, -0.15) is 13.2 Å². The highest BCUT2D eigenvalue weighted by Gasteiger charge is 2.48. The van der Waals surface area contributed by atoms with Gasteiger partial charge in [-0.25, -0.2) is 9.97 Å². The van der Waals surface area contributed by atoms with E-state index in [1.54, 1.807) is 13.0 Å². The number of thiophene rings is 1. The molecule has 3 atom stereocenters. The zero-order chi connectivity index (χ0) is 28.1. The summed E-state index contributed by atoms with van der Waals surface area (Å²) in [5.74, 6) is 1.10. The van der Waals surface area contributed by atoms with Crippen LogP contribution >= 0.6 is 11.3 Å². The molecule has 2 unspecified atom stereocenters. The number of nitrogens with zero attached hydrogens (tertiary/aromatic N) is 2. The number of hydrogen-bond acceptors (Lipinski definition) is 6. The number of alkyl halides is 3. The SMILES string of the molecule is Cc1nc(N[C@H](C)c2cccc(C(F)(F)F)c2)c2sc(C3(O)CCCCC3O[Si](C)(C)C(C)(C)C)cc2n1. The van der Waals surface area contributed by atoms with Crippen molar-refractivity contribution in [3.8, 4) is 0 Å². The molecule has 38 heavy (non-hydrogen) atoms. The molecule has 10 heteroatoms. The molecule has 0 spiro atoms. The minimum absolute atomic E-state index is 0.0186. The number of aromatic nitrogens is 2. The van der Waals surface area contributed by atoms with Gasteiger partial charge in [0.2, 0.25) is 0 Å². The highest BCUT2D eigenvalue weighted by Crippen LogP contribution is 2.48. The maximum absolute atomic E-state index is 13.3. The van der Waals surface area contributed by atoms with Crippen LogP contribution in [-0.2, 0) is 16.2 Å². The minimum atomic E-state index is -4.41. The van der Waals surface area contributed by atoms with Crippen molar-refractivity contribution in [2.24, 2.45) is 0 Å². The van der Waals surface area contributed by atoms with Crippen molar-refractivity contribution < 1.29 is 22.7 Å². The van der Waals surface area contributed by atoms with E-state index in [0.717, 1.165) is 41.0 Å². The molecule has 5 nitrogen and oxygen atoms in total. The van der Waals surface area contributed by atoms with E-state index in [0.29, 0.717) is 29.1 Å². The van der Waals surface area contributed by atoms with Crippen molar-refractivity contribution >= 4 is 35.7 Å². The van der Waals surface area contributed by atoms with Crippen LogP contribution in [0.25, 0.3) is 10.2 Å². The lowest BCUT2D eigenvalue weighted by atomic mass is 9.81. The van der Waals surface area contributed by atoms with E-state index in [9.17, 15) is 18.3 Å². The Morgan fingerprint density at radius 1 is 1.16 bits per heavy atom. The van der Waals surface area contributed by atoms with Crippen LogP contribution in [0.5, 0.6) is 0 Å². The molecule has 0 bridgehead atoms. The van der Waals surface area contributed by atoms with Gasteiger partial charge in [-0.3, -0.25) is 0 Å². The van der Waals surface area contributed by atoms with Gasteiger partial charge in [0.25, 0.3) is 0 Å². The number of anilines is 1. The van der Waals surface area contributed by atoms with Gasteiger partial charge in [0.15, 0.2) is 8.32 Å². The second kappa shape index (κ2) is 10.2. The molecule has 0 aliphatic heterocycles. The smallest absolute Gasteiger partial charge is 0.411 e. The van der Waals surface area contributed by atoms with Gasteiger partial charge in [-0.15, -0.1) is 11.3 Å². The first-order valence-electron chi connectivity index (χ1n) is 13.1. The molecule has 2 aromatic heterocycles. The fraction of sp³-hybridized carbons (Fsp3) is 0.571. The highest BCUT2D eigenvalue weighted by atomic mass is 32.1. The van der Waals surface area contributed by atoms with E-state index >= 15 is 0 Å². The van der Waals surface area contributed by atoms with Gasteiger partial charge in [0.05, 0.1) is 27.9 Å². The van der Waals surface area contributed by atoms with Gasteiger partial charge in [-0.1, -0.05) is 45.7 Å². The summed E-state index contributed by atoms with van der Waals surface area (Å²) < 4.78 is 47.3. The summed E-state index contributed by atoms with van der Waals surface area (Å²) in [5.41, 5.74) is -0.591. The van der Waals surface area contributed by atoms with Crippen LogP contribution in [0.1, 0.15) is 81.2 Å². The van der Waals surface area contributed by atoms with Crippen molar-refractivity contribution in [3.05, 3.63) is 52.2 Å². The number of rotatable bonds is 6. The third-order valence-corrected chi connectivity index (χ3v) is 13.8. The van der Waals surface area contributed by atoms with Crippen LogP contribution in [0, 0.1) is 6.92 Å². The van der Waals surface area contributed by atoms with Crippen molar-refractivity contribution in [3.63, 3.8) is 0 Å². The molecule has 3 aromatic rings. The largest absolute Gasteiger partial charge is 0.416 e. The van der Waals surface area contributed by atoms with Crippen LogP contribution in [-0.4, -0.2) is 29.5 Å². The van der Waals surface area contributed by atoms with Crippen molar-refractivity contribution in [1.29, 1.82) is 0 Å². The minimum Gasteiger partial charge on any atom is -0.411 e. The molecular weight excluding hydrogens is 527 g/mol. The summed E-state index contributed by atoms with van der Waals surface area (Å²) in [6.07, 6.45) is -1.40. The first kappa shape index (κ1) is 29.0. The zero-order valence-corrected chi connectivity index (χ0v) is 25.0. The zero-order valence-electron chi connectivity index (χ0n) is 23.2. The third kappa shape index (κ3) is 5.78. The van der Waals surface area contributed by atoms with Crippen molar-refractivity contribution in [2.45, 2.75) is 102 Å². The Labute approximate surface area is 228 Å². The molecule has 0 saturated heterocycles. The topological polar surface area (TPSA) is 67.3 Å². The fourth-order valence-electron chi connectivity index (χ4n) is 4.72. The average Bonchev–Trinajstić information content (AvgIpc) is 3.24. The number of fused-ring (bicyclic) bond motifs is 1. The summed E-state index contributed by atoms with van der Waals surface area (Å²) in [6.45, 7) is 14.6. The number of aryl methyl sites for hydroxylation is 1. The lowest BCUT2D eigenvalue weighted by Crippen LogP contribution is -2.52. The standard InChI is InChI=1S/C28H38F3N3O2SSi/c1-17(19-11-10-12-20(15-19)28(29,30)31)32-25-24-21(33-18(2)34-25)16-23(37-24)27(35)14-9-8-13-22(27)36-38(6,7)26(3,4)5/h10-12,15-17,22,35H,8-9,13-14H2,1-7H3,(H,32,33,34)/t17-,22?,27?/m1/s1. The number of benzene rings is 1. The van der Waals surface area contributed by atoms with Crippen LogP contribution in [0.3, 0.4) is 0 Å². The summed E-state index contributed by atoms with van der Waals surface area (Å²) >= 11 is 1.44. The van der Waals surface area contributed by atoms with Crippen LogP contribution < -0.4 is 5.32 Å². The number of halogens is 3. The van der Waals surface area contributed by atoms with E-state index in [-0.39, 0.29) is 11.1 Å². The average molecular weight is 566 g/mol. The third-order valence-electron chi connectivity index (χ3n) is 8.03. The summed E-state index contributed by atoms with van der Waals surface area (Å²) in [5, 5.41) is 15.4. The normalized spacial score (nSPS) is 22.0. The molecule has 0 amide bonds. The van der Waals surface area contributed by atoms with E-state index in [2.05, 4.69) is 49.1 Å². The predicted molar refractivity (Wildman–Crippen MR) is 150 cm³/mol. The van der Waals surface area contributed by atoms with E-state index < -0.39 is 31.7 Å². The van der Waals surface area contributed by atoms with Crippen LogP contribution in [0.15, 0.2) is 30.3 Å². The molecule has 1 aliphatic rings. The molecule has 1 aliphatic carbocycles. The second-order valence-corrected chi connectivity index (χ2v) is 17.8. The van der Waals surface area contributed by atoms with Gasteiger partial charge in [-0.05, 0) is 68.6 Å². The monoisotopic (exact) mass is 565 g/mol. The quantitative estimate of drug-likeness (QED) is 0.294. The van der Waals surface area contributed by atoms with Gasteiger partial charge in [0.1, 0.15) is 17.2 Å². The lowest BCUT2D eigenvalue weighted by Gasteiger charge is -2.46. The molecule has 1 aromatic carbocycles. The molecule has 0 radical (unpaired) electrons. The molecular formula is C28H38F3N3O2SSi. The summed E-state index contributed by atoms with van der Waals surface area (Å²) in [7, 11) is -2.13. The Bertz CT molecular complexity index is 1300. The van der Waals surface area contributed by atoms with Gasteiger partial charge >= 0.3 is 6.18 Å². The number of aliphatic hydroxyl groups is 1. The summed E-state index contributed by atoms with van der Waals surface area (Å²) in [4.78, 5) is 10.0. The van der Waals surface area contributed by atoms with Crippen LogP contribution in [0.4, 0.5) is 19.0 Å². The Morgan fingerprint density at radius 2 is 1.87 bits per heavy atom. The van der Waals surface area contributed by atoms with E-state index in [1.807, 2.05) is 13.0 Å². The van der Waals surface area contributed by atoms with Crippen molar-refractivity contribution in [1.82, 2.24) is 9.97 Å². The van der Waals surface area contributed by atoms with Crippen molar-refractivity contribution in [2.75, 3.05) is 5.32 Å². The molecule has 4 rings (SSSR count). The van der Waals surface area contributed by atoms with Gasteiger partial charge < -0.3 is 14.8 Å². The molecule has 1 fully saturated rings. The Balaban J connectivity index is 1.69. The van der Waals surface area contributed by atoms with E-state index in [1.165, 1.54) is 17.4 Å².